The Balaban J connectivity index is 0.000000290. The van der Waals surface area contributed by atoms with Gasteiger partial charge in [-0.3, -0.25) is 9.59 Å². The predicted molar refractivity (Wildman–Crippen MR) is 215 cm³/mol. The zero-order valence-electron chi connectivity index (χ0n) is 36.7. The molecule has 2 fully saturated rings. The Kier molecular flexibility index (Phi) is 16.9. The number of nitrogens with one attached hydrogen (secondary N) is 3. The number of amides is 2. The molecule has 0 unspecified atom stereocenters. The number of carbonyl (C=O) groups is 3. The van der Waals surface area contributed by atoms with Crippen molar-refractivity contribution in [2.45, 2.75) is 87.9 Å². The topological polar surface area (TPSA) is 113 Å². The first kappa shape index (κ1) is 59.1. The molecule has 0 aromatic heterocycles. The number of rotatable bonds is 10. The van der Waals surface area contributed by atoms with Crippen LogP contribution in [-0.4, -0.2) is 49.4 Å². The number of benzene rings is 4. The Labute approximate surface area is 396 Å². The number of hydrogen-bond donors (Lipinski definition) is 4. The quantitative estimate of drug-likeness (QED) is 0.0718. The maximum Gasteiger partial charge on any atom is 0.435 e. The fourth-order valence-corrected chi connectivity index (χ4v) is 6.47. The highest BCUT2D eigenvalue weighted by atomic mass is 19.4. The van der Waals surface area contributed by atoms with Crippen LogP contribution >= 0.6 is 0 Å². The van der Waals surface area contributed by atoms with Gasteiger partial charge in [-0.25, -0.2) is 17.6 Å². The van der Waals surface area contributed by atoms with Crippen molar-refractivity contribution >= 4 is 40.9 Å². The van der Waals surface area contributed by atoms with E-state index in [1.165, 1.54) is 12.1 Å². The molecule has 7 nitrogen and oxygen atoms in total. The summed E-state index contributed by atoms with van der Waals surface area (Å²) in [5, 5.41) is 6.02. The molecule has 5 N–H and O–H groups in total. The molecule has 402 valence electrons. The molecule has 0 radical (unpaired) electrons. The molecule has 2 aliphatic carbocycles. The molecule has 0 aliphatic heterocycles. The number of aryl methyl sites for hydroxylation is 2. The van der Waals surface area contributed by atoms with Gasteiger partial charge in [0.2, 0.25) is 0 Å². The van der Waals surface area contributed by atoms with Crippen molar-refractivity contribution in [3.8, 4) is 0 Å². The standard InChI is InChI=1S/C22H17F11N2O.C18H11F11N2O.C4H6O/c1-10-7-12(19(24,21(28,29)30)22(31,32)33)8-14(20(25,26)27)17(10)35-18(36)13-3-2-4-15(16(13)23)34-9-11-5-6-11;1-7-5-8(15(20,17(24,25)26)18(27,28)29)6-10(16(21,22)23)13(7)31-14(32)9-3-2-4-11(30)12(9)19;5-3-4-1-2-4/h2-4,7-8,11,34H,5-6,9H2,1H3,(H,35,36);2-6H,30H2,1H3,(H,31,32);3-4H,1-2H2. The van der Waals surface area contributed by atoms with Crippen LogP contribution in [0.2, 0.25) is 0 Å². The molecule has 0 saturated heterocycles. The smallest absolute Gasteiger partial charge is 0.396 e. The van der Waals surface area contributed by atoms with E-state index in [0.29, 0.717) is 32.2 Å². The summed E-state index contributed by atoms with van der Waals surface area (Å²) in [5.41, 5.74) is -22.9. The summed E-state index contributed by atoms with van der Waals surface area (Å²) in [5.74, 6) is -4.69. The zero-order chi connectivity index (χ0) is 55.8. The van der Waals surface area contributed by atoms with Crippen molar-refractivity contribution in [3.05, 3.63) is 117 Å². The number of nitrogens with two attached hydrogens (primary N) is 1. The summed E-state index contributed by atoms with van der Waals surface area (Å²) in [4.78, 5) is 34.4. The number of halogens is 22. The molecule has 2 amide bonds. The van der Waals surface area contributed by atoms with Crippen molar-refractivity contribution in [1.29, 1.82) is 0 Å². The third-order valence-corrected chi connectivity index (χ3v) is 10.7. The van der Waals surface area contributed by atoms with Crippen molar-refractivity contribution in [2.75, 3.05) is 28.2 Å². The van der Waals surface area contributed by atoms with Gasteiger partial charge in [0.25, 0.3) is 11.8 Å². The van der Waals surface area contributed by atoms with Gasteiger partial charge in [-0.2, -0.15) is 79.0 Å². The first-order valence-corrected chi connectivity index (χ1v) is 20.4. The van der Waals surface area contributed by atoms with Crippen LogP contribution in [0.1, 0.15) is 79.8 Å². The highest BCUT2D eigenvalue weighted by Gasteiger charge is 2.75. The second-order valence-corrected chi connectivity index (χ2v) is 16.3. The van der Waals surface area contributed by atoms with Gasteiger partial charge in [-0.05, 0) is 93.0 Å². The summed E-state index contributed by atoms with van der Waals surface area (Å²) >= 11 is 0. The van der Waals surface area contributed by atoms with Crippen molar-refractivity contribution in [2.24, 2.45) is 11.8 Å². The molecule has 0 atom stereocenters. The summed E-state index contributed by atoms with van der Waals surface area (Å²) in [7, 11) is 0. The van der Waals surface area contributed by atoms with Crippen LogP contribution in [0, 0.1) is 37.3 Å². The summed E-state index contributed by atoms with van der Waals surface area (Å²) < 4.78 is 295. The van der Waals surface area contributed by atoms with E-state index >= 15 is 0 Å². The molecule has 4 aromatic carbocycles. The van der Waals surface area contributed by atoms with Gasteiger partial charge in [0.05, 0.1) is 45.0 Å². The minimum absolute atomic E-state index is 0.101. The van der Waals surface area contributed by atoms with Gasteiger partial charge in [0, 0.05) is 23.6 Å². The zero-order valence-corrected chi connectivity index (χ0v) is 36.7. The van der Waals surface area contributed by atoms with Gasteiger partial charge in [-0.1, -0.05) is 24.3 Å². The third kappa shape index (κ3) is 13.0. The van der Waals surface area contributed by atoms with Crippen LogP contribution in [0.4, 0.5) is 119 Å². The van der Waals surface area contributed by atoms with Crippen molar-refractivity contribution in [1.82, 2.24) is 0 Å². The summed E-state index contributed by atoms with van der Waals surface area (Å²) in [6.07, 6.45) is -32.7. The number of alkyl halides is 20. The van der Waals surface area contributed by atoms with Crippen LogP contribution in [-0.2, 0) is 28.5 Å². The maximum atomic E-state index is 14.8. The number of anilines is 4. The lowest BCUT2D eigenvalue weighted by molar-refractivity contribution is -0.349. The third-order valence-electron chi connectivity index (χ3n) is 10.7. The molecule has 73 heavy (non-hydrogen) atoms. The van der Waals surface area contributed by atoms with Crippen LogP contribution in [0.3, 0.4) is 0 Å². The fourth-order valence-electron chi connectivity index (χ4n) is 6.47. The second kappa shape index (κ2) is 20.8. The molecular formula is C44H34F22N4O3. The van der Waals surface area contributed by atoms with Gasteiger partial charge < -0.3 is 26.5 Å². The molecule has 29 heteroatoms. The number of carbonyl (C=O) groups excluding carboxylic acids is 3. The molecule has 2 saturated carbocycles. The molecule has 2 aliphatic rings. The monoisotopic (exact) mass is 1080 g/mol. The Morgan fingerprint density at radius 2 is 0.932 bits per heavy atom. The largest absolute Gasteiger partial charge is 0.435 e. The molecule has 4 aromatic rings. The Hall–Kier alpha value is -6.45. The second-order valence-electron chi connectivity index (χ2n) is 16.3. The average Bonchev–Trinajstić information content (AvgIpc) is 4.19. The normalized spacial score (nSPS) is 14.8. The maximum absolute atomic E-state index is 14.8. The van der Waals surface area contributed by atoms with Gasteiger partial charge in [-0.15, -0.1) is 0 Å². The van der Waals surface area contributed by atoms with Gasteiger partial charge in [0.15, 0.2) is 11.6 Å². The Morgan fingerprint density at radius 3 is 1.25 bits per heavy atom. The minimum atomic E-state index is -6.66. The SMILES string of the molecule is Cc1cc(C(F)(C(F)(F)F)C(F)(F)F)cc(C(F)(F)F)c1NC(=O)c1cccc(N)c1F.Cc1cc(C(F)(C(F)(F)F)C(F)(F)F)cc(C(F)(F)F)c1NC(=O)c1cccc(NCC2CC2)c1F.O=CC1CC1. The van der Waals surface area contributed by atoms with E-state index in [0.717, 1.165) is 56.2 Å². The van der Waals surface area contributed by atoms with Crippen molar-refractivity contribution < 1.29 is 111 Å². The van der Waals surface area contributed by atoms with E-state index < -0.39 is 146 Å². The van der Waals surface area contributed by atoms with Crippen LogP contribution in [0.15, 0.2) is 60.7 Å². The summed E-state index contributed by atoms with van der Waals surface area (Å²) in [6, 6.07) is 4.69. The lowest BCUT2D eigenvalue weighted by Crippen LogP contribution is -2.50. The lowest BCUT2D eigenvalue weighted by Gasteiger charge is -2.31. The van der Waals surface area contributed by atoms with Gasteiger partial charge in [0.1, 0.15) is 6.29 Å². The van der Waals surface area contributed by atoms with E-state index in [1.54, 1.807) is 10.6 Å². The first-order valence-electron chi connectivity index (χ1n) is 20.4. The molecule has 0 spiro atoms. The predicted octanol–water partition coefficient (Wildman–Crippen LogP) is 14.4. The van der Waals surface area contributed by atoms with Crippen molar-refractivity contribution in [3.63, 3.8) is 0 Å². The molecular weight excluding hydrogens is 1050 g/mol. The molecule has 6 rings (SSSR count). The fraction of sp³-hybridized carbons (Fsp3) is 0.386. The molecule has 0 bridgehead atoms. The first-order chi connectivity index (χ1) is 33.1. The lowest BCUT2D eigenvalue weighted by atomic mass is 9.90. The Morgan fingerprint density at radius 1 is 0.562 bits per heavy atom. The number of aldehydes is 1. The number of hydrogen-bond acceptors (Lipinski definition) is 5. The van der Waals surface area contributed by atoms with E-state index in [4.69, 9.17) is 5.73 Å². The van der Waals surface area contributed by atoms with Crippen LogP contribution < -0.4 is 21.7 Å². The highest BCUT2D eigenvalue weighted by molar-refractivity contribution is 6.06. The van der Waals surface area contributed by atoms with Crippen LogP contribution in [0.25, 0.3) is 0 Å². The summed E-state index contributed by atoms with van der Waals surface area (Å²) in [6.45, 7) is 1.63. The number of nitrogen functional groups attached to an aromatic ring is 1. The Bertz CT molecular complexity index is 2650. The molecule has 0 heterocycles. The van der Waals surface area contributed by atoms with E-state index in [2.05, 4.69) is 5.32 Å². The van der Waals surface area contributed by atoms with E-state index in [9.17, 15) is 111 Å². The average molecular weight is 1080 g/mol. The minimum Gasteiger partial charge on any atom is -0.396 e. The van der Waals surface area contributed by atoms with E-state index in [-0.39, 0.29) is 17.8 Å². The van der Waals surface area contributed by atoms with Crippen LogP contribution in [0.5, 0.6) is 0 Å². The van der Waals surface area contributed by atoms with Gasteiger partial charge >= 0.3 is 48.4 Å². The highest BCUT2D eigenvalue weighted by Crippen LogP contribution is 2.56. The van der Waals surface area contributed by atoms with E-state index in [1.807, 2.05) is 0 Å².